The molecule has 4 rings (SSSR count). The molecule has 2 heterocycles. The molecule has 0 bridgehead atoms. The van der Waals surface area contributed by atoms with E-state index in [4.69, 9.17) is 15.9 Å². The largest absolute Gasteiger partial charge is 0.449 e. The van der Waals surface area contributed by atoms with Gasteiger partial charge in [-0.2, -0.15) is 0 Å². The number of fused-ring (bicyclic) bond motifs is 2. The molecule has 0 atom stereocenters. The van der Waals surface area contributed by atoms with Crippen LogP contribution in [0.4, 0.5) is 0 Å². The summed E-state index contributed by atoms with van der Waals surface area (Å²) in [6.45, 7) is 3.76. The van der Waals surface area contributed by atoms with Crippen molar-refractivity contribution in [3.63, 3.8) is 0 Å². The summed E-state index contributed by atoms with van der Waals surface area (Å²) < 4.78 is 13.5. The number of aromatic nitrogens is 2. The van der Waals surface area contributed by atoms with E-state index in [0.717, 1.165) is 22.5 Å². The molecule has 0 spiro atoms. The second-order valence-electron chi connectivity index (χ2n) is 5.64. The summed E-state index contributed by atoms with van der Waals surface area (Å²) in [4.78, 5) is 4.48. The second-order valence-corrected chi connectivity index (χ2v) is 5.64. The number of terminal acetylenes is 1. The van der Waals surface area contributed by atoms with Crippen molar-refractivity contribution in [2.24, 2.45) is 0 Å². The van der Waals surface area contributed by atoms with Crippen LogP contribution in [-0.2, 0) is 0 Å². The molecule has 0 unspecified atom stereocenters. The lowest BCUT2D eigenvalue weighted by atomic mass is 10.2. The highest BCUT2D eigenvalue weighted by molar-refractivity contribution is 5.79. The Morgan fingerprint density at radius 1 is 1.09 bits per heavy atom. The summed E-state index contributed by atoms with van der Waals surface area (Å²) in [6, 6.07) is 13.6. The normalized spacial score (nSPS) is 15.0. The first-order valence-electron chi connectivity index (χ1n) is 7.04. The molecule has 0 saturated carbocycles. The van der Waals surface area contributed by atoms with Gasteiger partial charge in [-0.25, -0.2) is 4.98 Å². The maximum Gasteiger partial charge on any atom is 0.246 e. The van der Waals surface area contributed by atoms with Gasteiger partial charge < -0.3 is 9.47 Å². The minimum atomic E-state index is -0.646. The van der Waals surface area contributed by atoms with Crippen LogP contribution < -0.4 is 9.47 Å². The zero-order chi connectivity index (χ0) is 15.3. The topological polar surface area (TPSA) is 36.3 Å². The van der Waals surface area contributed by atoms with Crippen LogP contribution in [0.15, 0.2) is 42.5 Å². The van der Waals surface area contributed by atoms with Crippen molar-refractivity contribution in [1.82, 2.24) is 9.55 Å². The van der Waals surface area contributed by atoms with E-state index in [9.17, 15) is 0 Å². The fourth-order valence-corrected chi connectivity index (χ4v) is 2.73. The minimum Gasteiger partial charge on any atom is -0.449 e. The van der Waals surface area contributed by atoms with Crippen LogP contribution >= 0.6 is 0 Å². The Morgan fingerprint density at radius 2 is 1.86 bits per heavy atom. The first kappa shape index (κ1) is 12.8. The van der Waals surface area contributed by atoms with Crippen molar-refractivity contribution in [3.8, 4) is 29.5 Å². The van der Waals surface area contributed by atoms with Gasteiger partial charge in [-0.05, 0) is 30.2 Å². The lowest BCUT2D eigenvalue weighted by Gasteiger charge is -2.16. The highest BCUT2D eigenvalue weighted by atomic mass is 16.7. The Kier molecular flexibility index (Phi) is 2.49. The first-order valence-corrected chi connectivity index (χ1v) is 7.04. The van der Waals surface area contributed by atoms with Crippen LogP contribution in [0.1, 0.15) is 19.7 Å². The molecular formula is C18H14N2O2. The van der Waals surface area contributed by atoms with Gasteiger partial charge >= 0.3 is 0 Å². The van der Waals surface area contributed by atoms with Gasteiger partial charge in [0.1, 0.15) is 0 Å². The number of nitrogens with zero attached hydrogens (tertiary/aromatic N) is 2. The monoisotopic (exact) mass is 290 g/mol. The summed E-state index contributed by atoms with van der Waals surface area (Å²) in [6.07, 6.45) is 5.62. The van der Waals surface area contributed by atoms with E-state index in [1.807, 2.05) is 60.9 Å². The Labute approximate surface area is 128 Å². The molecule has 0 aliphatic carbocycles. The molecule has 0 amide bonds. The number of rotatable bonds is 1. The third-order valence-electron chi connectivity index (χ3n) is 3.59. The smallest absolute Gasteiger partial charge is 0.246 e. The zero-order valence-electron chi connectivity index (χ0n) is 12.3. The van der Waals surface area contributed by atoms with Crippen molar-refractivity contribution < 1.29 is 9.47 Å². The minimum absolute atomic E-state index is 0.569. The van der Waals surface area contributed by atoms with Gasteiger partial charge in [0.15, 0.2) is 17.3 Å². The van der Waals surface area contributed by atoms with Crippen LogP contribution in [0.5, 0.6) is 11.5 Å². The molecule has 22 heavy (non-hydrogen) atoms. The van der Waals surface area contributed by atoms with Crippen molar-refractivity contribution in [3.05, 3.63) is 48.3 Å². The molecule has 4 heteroatoms. The van der Waals surface area contributed by atoms with Gasteiger partial charge in [0.25, 0.3) is 0 Å². The van der Waals surface area contributed by atoms with Crippen LogP contribution in [0.3, 0.4) is 0 Å². The maximum atomic E-state index is 5.81. The molecule has 3 aromatic rings. The molecule has 0 saturated heterocycles. The lowest BCUT2D eigenvalue weighted by molar-refractivity contribution is -0.0431. The predicted octanol–water partition coefficient (Wildman–Crippen LogP) is 3.51. The molecular weight excluding hydrogens is 276 g/mol. The first-order chi connectivity index (χ1) is 10.6. The number of hydrogen-bond donors (Lipinski definition) is 0. The van der Waals surface area contributed by atoms with E-state index >= 15 is 0 Å². The lowest BCUT2D eigenvalue weighted by Crippen LogP contribution is -2.29. The average Bonchev–Trinajstić information content (AvgIpc) is 3.01. The molecule has 4 nitrogen and oxygen atoms in total. The fraction of sp³-hybridized carbons (Fsp3) is 0.167. The van der Waals surface area contributed by atoms with Crippen LogP contribution in [0.2, 0.25) is 0 Å². The van der Waals surface area contributed by atoms with E-state index in [2.05, 4.69) is 10.9 Å². The Balaban J connectivity index is 1.93. The summed E-state index contributed by atoms with van der Waals surface area (Å²) in [5, 5.41) is 0. The van der Waals surface area contributed by atoms with Gasteiger partial charge in [-0.3, -0.25) is 4.57 Å². The molecule has 1 aliphatic rings. The summed E-state index contributed by atoms with van der Waals surface area (Å²) >= 11 is 0. The number of para-hydroxylation sites is 2. The molecule has 108 valence electrons. The molecule has 2 aromatic carbocycles. The summed E-state index contributed by atoms with van der Waals surface area (Å²) in [5.41, 5.74) is 2.74. The summed E-state index contributed by atoms with van der Waals surface area (Å²) in [5.74, 6) is 4.02. The second kappa shape index (κ2) is 4.28. The Morgan fingerprint density at radius 3 is 2.68 bits per heavy atom. The Bertz CT molecular complexity index is 932. The van der Waals surface area contributed by atoms with Crippen molar-refractivity contribution in [2.75, 3.05) is 0 Å². The van der Waals surface area contributed by atoms with Crippen molar-refractivity contribution >= 4 is 11.0 Å². The van der Waals surface area contributed by atoms with Gasteiger partial charge in [0.2, 0.25) is 5.79 Å². The van der Waals surface area contributed by atoms with Gasteiger partial charge in [-0.1, -0.05) is 12.1 Å². The zero-order valence-corrected chi connectivity index (χ0v) is 12.3. The predicted molar refractivity (Wildman–Crippen MR) is 84.3 cm³/mol. The van der Waals surface area contributed by atoms with E-state index in [-0.39, 0.29) is 0 Å². The van der Waals surface area contributed by atoms with Crippen molar-refractivity contribution in [1.29, 1.82) is 0 Å². The maximum absolute atomic E-state index is 5.81. The highest BCUT2D eigenvalue weighted by Gasteiger charge is 2.31. The third kappa shape index (κ3) is 1.83. The van der Waals surface area contributed by atoms with E-state index in [1.165, 1.54) is 0 Å². The van der Waals surface area contributed by atoms with Crippen LogP contribution in [-0.4, -0.2) is 15.3 Å². The van der Waals surface area contributed by atoms with E-state index < -0.39 is 5.79 Å². The van der Waals surface area contributed by atoms with Crippen LogP contribution in [0, 0.1) is 12.3 Å². The number of hydrogen-bond acceptors (Lipinski definition) is 3. The number of ether oxygens (including phenoxy) is 2. The molecule has 0 N–H and O–H groups in total. The van der Waals surface area contributed by atoms with Gasteiger partial charge in [-0.15, -0.1) is 6.42 Å². The van der Waals surface area contributed by atoms with Crippen LogP contribution in [0.25, 0.3) is 16.7 Å². The fourth-order valence-electron chi connectivity index (χ4n) is 2.73. The molecule has 1 aromatic heterocycles. The van der Waals surface area contributed by atoms with E-state index in [0.29, 0.717) is 11.6 Å². The number of imidazole rings is 1. The van der Waals surface area contributed by atoms with E-state index in [1.54, 1.807) is 0 Å². The van der Waals surface area contributed by atoms with Gasteiger partial charge in [0.05, 0.1) is 16.7 Å². The number of benzene rings is 2. The average molecular weight is 290 g/mol. The molecule has 0 radical (unpaired) electrons. The molecule has 1 aliphatic heterocycles. The molecule has 0 fully saturated rings. The summed E-state index contributed by atoms with van der Waals surface area (Å²) in [7, 11) is 0. The third-order valence-corrected chi connectivity index (χ3v) is 3.59. The SMILES string of the molecule is C#Cc1nc2ccccc2n1-c1ccc2c(c1)OC(C)(C)O2. The van der Waals surface area contributed by atoms with Crippen molar-refractivity contribution in [2.45, 2.75) is 19.6 Å². The van der Waals surface area contributed by atoms with Gasteiger partial charge in [0, 0.05) is 19.9 Å². The Hall–Kier alpha value is -2.93. The highest BCUT2D eigenvalue weighted by Crippen LogP contribution is 2.40. The standard InChI is InChI=1S/C18H14N2O2/c1-4-17-19-13-7-5-6-8-14(13)20(17)12-9-10-15-16(11-12)22-18(2,3)21-15/h1,5-11H,2-3H3. The quantitative estimate of drug-likeness (QED) is 0.643.